The number of hydrogen-bond donors (Lipinski definition) is 1. The van der Waals surface area contributed by atoms with Crippen LogP contribution in [0.25, 0.3) is 0 Å². The van der Waals surface area contributed by atoms with Crippen LogP contribution >= 0.6 is 0 Å². The van der Waals surface area contributed by atoms with E-state index in [4.69, 9.17) is 5.73 Å². The zero-order chi connectivity index (χ0) is 12.5. The Hall–Kier alpha value is -1.10. The van der Waals surface area contributed by atoms with Crippen LogP contribution in [0.5, 0.6) is 0 Å². The number of halogens is 2. The Kier molecular flexibility index (Phi) is 3.38. The highest BCUT2D eigenvalue weighted by atomic mass is 19.3. The molecule has 1 aliphatic rings. The largest absolute Gasteiger partial charge is 0.323 e. The summed E-state index contributed by atoms with van der Waals surface area (Å²) in [7, 11) is 0. The van der Waals surface area contributed by atoms with Gasteiger partial charge in [0.15, 0.2) is 0 Å². The first-order valence-corrected chi connectivity index (χ1v) is 5.88. The average Bonchev–Trinajstić information content (AvgIpc) is 2.59. The topological polar surface area (TPSA) is 51.8 Å². The van der Waals surface area contributed by atoms with E-state index in [0.717, 1.165) is 5.69 Å². The number of aromatic nitrogens is 2. The third-order valence-corrected chi connectivity index (χ3v) is 3.27. The third-order valence-electron chi connectivity index (χ3n) is 3.27. The van der Waals surface area contributed by atoms with Crippen LogP contribution in [-0.2, 0) is 0 Å². The van der Waals surface area contributed by atoms with E-state index in [1.54, 1.807) is 12.4 Å². The van der Waals surface area contributed by atoms with Crippen molar-refractivity contribution in [1.82, 2.24) is 9.97 Å². The SMILES string of the molecule is Cc1cnc(C(N)CC2CCC(F)(F)C2)cn1. The Morgan fingerprint density at radius 2 is 2.24 bits per heavy atom. The molecule has 5 heteroatoms. The van der Waals surface area contributed by atoms with Crippen molar-refractivity contribution in [2.45, 2.75) is 44.6 Å². The molecule has 0 amide bonds. The number of nitrogens with two attached hydrogens (primary N) is 1. The highest BCUT2D eigenvalue weighted by Crippen LogP contribution is 2.41. The molecule has 2 atom stereocenters. The zero-order valence-electron chi connectivity index (χ0n) is 9.87. The molecule has 1 fully saturated rings. The third kappa shape index (κ3) is 3.19. The molecule has 1 aromatic rings. The van der Waals surface area contributed by atoms with Crippen molar-refractivity contribution >= 4 is 0 Å². The standard InChI is InChI=1S/C12H17F2N3/c1-8-6-17-11(7-16-8)10(15)4-9-2-3-12(13,14)5-9/h6-7,9-10H,2-5,15H2,1H3. The number of hydrogen-bond acceptors (Lipinski definition) is 3. The lowest BCUT2D eigenvalue weighted by Gasteiger charge is -2.16. The molecule has 2 unspecified atom stereocenters. The first-order chi connectivity index (χ1) is 7.96. The first-order valence-electron chi connectivity index (χ1n) is 5.88. The van der Waals surface area contributed by atoms with Crippen LogP contribution in [0, 0.1) is 12.8 Å². The van der Waals surface area contributed by atoms with Gasteiger partial charge in [0, 0.05) is 25.1 Å². The number of alkyl halides is 2. The summed E-state index contributed by atoms with van der Waals surface area (Å²) in [6.45, 7) is 1.85. The molecule has 0 aromatic carbocycles. The highest BCUT2D eigenvalue weighted by Gasteiger charge is 2.39. The quantitative estimate of drug-likeness (QED) is 0.885. The highest BCUT2D eigenvalue weighted by molar-refractivity contribution is 5.05. The number of nitrogens with zero attached hydrogens (tertiary/aromatic N) is 2. The van der Waals surface area contributed by atoms with Gasteiger partial charge in [-0.1, -0.05) is 0 Å². The van der Waals surface area contributed by atoms with Crippen molar-refractivity contribution in [1.29, 1.82) is 0 Å². The fourth-order valence-electron chi connectivity index (χ4n) is 2.32. The maximum Gasteiger partial charge on any atom is 0.248 e. The second-order valence-corrected chi connectivity index (χ2v) is 4.89. The summed E-state index contributed by atoms with van der Waals surface area (Å²) in [4.78, 5) is 8.29. The maximum atomic E-state index is 13.0. The van der Waals surface area contributed by atoms with Gasteiger partial charge in [0.1, 0.15) is 0 Å². The van der Waals surface area contributed by atoms with E-state index in [1.807, 2.05) is 6.92 Å². The van der Waals surface area contributed by atoms with Crippen LogP contribution in [0.2, 0.25) is 0 Å². The molecule has 2 rings (SSSR count). The summed E-state index contributed by atoms with van der Waals surface area (Å²) in [5.41, 5.74) is 7.48. The van der Waals surface area contributed by atoms with Gasteiger partial charge in [-0.2, -0.15) is 0 Å². The summed E-state index contributed by atoms with van der Waals surface area (Å²) >= 11 is 0. The van der Waals surface area contributed by atoms with Crippen LogP contribution < -0.4 is 5.73 Å². The Balaban J connectivity index is 1.93. The summed E-state index contributed by atoms with van der Waals surface area (Å²) < 4.78 is 26.1. The molecular weight excluding hydrogens is 224 g/mol. The van der Waals surface area contributed by atoms with E-state index in [-0.39, 0.29) is 24.8 Å². The van der Waals surface area contributed by atoms with Crippen LogP contribution in [-0.4, -0.2) is 15.9 Å². The second-order valence-electron chi connectivity index (χ2n) is 4.89. The van der Waals surface area contributed by atoms with Gasteiger partial charge in [-0.25, -0.2) is 8.78 Å². The van der Waals surface area contributed by atoms with Gasteiger partial charge in [0.2, 0.25) is 5.92 Å². The lowest BCUT2D eigenvalue weighted by Crippen LogP contribution is -2.17. The van der Waals surface area contributed by atoms with Gasteiger partial charge in [0.05, 0.1) is 17.6 Å². The average molecular weight is 241 g/mol. The van der Waals surface area contributed by atoms with Crippen molar-refractivity contribution in [3.05, 3.63) is 23.8 Å². The van der Waals surface area contributed by atoms with Crippen LogP contribution in [0.4, 0.5) is 8.78 Å². The lowest BCUT2D eigenvalue weighted by atomic mass is 9.97. The van der Waals surface area contributed by atoms with Crippen molar-refractivity contribution in [3.63, 3.8) is 0 Å². The number of rotatable bonds is 3. The molecule has 0 spiro atoms. The molecule has 17 heavy (non-hydrogen) atoms. The van der Waals surface area contributed by atoms with Gasteiger partial charge >= 0.3 is 0 Å². The van der Waals surface area contributed by atoms with Gasteiger partial charge in [-0.05, 0) is 25.7 Å². The van der Waals surface area contributed by atoms with Crippen LogP contribution in [0.1, 0.15) is 43.1 Å². The van der Waals surface area contributed by atoms with Crippen molar-refractivity contribution in [2.24, 2.45) is 11.7 Å². The molecule has 1 saturated carbocycles. The molecule has 94 valence electrons. The van der Waals surface area contributed by atoms with E-state index in [1.165, 1.54) is 0 Å². The maximum absolute atomic E-state index is 13.0. The predicted octanol–water partition coefficient (Wildman–Crippen LogP) is 2.61. The Labute approximate surface area is 99.5 Å². The summed E-state index contributed by atoms with van der Waals surface area (Å²) in [5.74, 6) is -2.49. The fourth-order valence-corrected chi connectivity index (χ4v) is 2.32. The van der Waals surface area contributed by atoms with Crippen molar-refractivity contribution in [3.8, 4) is 0 Å². The first kappa shape index (κ1) is 12.4. The van der Waals surface area contributed by atoms with E-state index in [9.17, 15) is 8.78 Å². The molecule has 1 heterocycles. The fraction of sp³-hybridized carbons (Fsp3) is 0.667. The van der Waals surface area contributed by atoms with Gasteiger partial charge < -0.3 is 5.73 Å². The minimum atomic E-state index is -2.50. The van der Waals surface area contributed by atoms with E-state index in [2.05, 4.69) is 9.97 Å². The predicted molar refractivity (Wildman–Crippen MR) is 60.6 cm³/mol. The molecule has 0 aliphatic heterocycles. The minimum absolute atomic E-state index is 0.00287. The molecule has 3 nitrogen and oxygen atoms in total. The summed E-state index contributed by atoms with van der Waals surface area (Å²) in [5, 5.41) is 0. The Morgan fingerprint density at radius 3 is 2.76 bits per heavy atom. The normalized spacial score (nSPS) is 24.8. The lowest BCUT2D eigenvalue weighted by molar-refractivity contribution is 0.00445. The minimum Gasteiger partial charge on any atom is -0.323 e. The molecule has 2 N–H and O–H groups in total. The van der Waals surface area contributed by atoms with Crippen LogP contribution in [0.15, 0.2) is 12.4 Å². The molecule has 0 radical (unpaired) electrons. The van der Waals surface area contributed by atoms with E-state index in [0.29, 0.717) is 18.5 Å². The van der Waals surface area contributed by atoms with Crippen LogP contribution in [0.3, 0.4) is 0 Å². The van der Waals surface area contributed by atoms with Gasteiger partial charge in [-0.3, -0.25) is 9.97 Å². The van der Waals surface area contributed by atoms with Gasteiger partial charge in [0.25, 0.3) is 0 Å². The van der Waals surface area contributed by atoms with Gasteiger partial charge in [-0.15, -0.1) is 0 Å². The summed E-state index contributed by atoms with van der Waals surface area (Å²) in [6, 6.07) is -0.290. The van der Waals surface area contributed by atoms with E-state index >= 15 is 0 Å². The monoisotopic (exact) mass is 241 g/mol. The molecular formula is C12H17F2N3. The zero-order valence-corrected chi connectivity index (χ0v) is 9.87. The molecule has 1 aromatic heterocycles. The summed E-state index contributed by atoms with van der Waals surface area (Å²) in [6.07, 6.45) is 4.35. The van der Waals surface area contributed by atoms with E-state index < -0.39 is 5.92 Å². The Morgan fingerprint density at radius 1 is 1.47 bits per heavy atom. The molecule has 1 aliphatic carbocycles. The van der Waals surface area contributed by atoms with Crippen molar-refractivity contribution < 1.29 is 8.78 Å². The smallest absolute Gasteiger partial charge is 0.248 e. The Bertz CT molecular complexity index is 378. The molecule has 0 bridgehead atoms. The molecule has 0 saturated heterocycles. The number of aryl methyl sites for hydroxylation is 1. The van der Waals surface area contributed by atoms with Crippen molar-refractivity contribution in [2.75, 3.05) is 0 Å². The second kappa shape index (κ2) is 4.64.